The Morgan fingerprint density at radius 1 is 1.33 bits per heavy atom. The molecule has 1 atom stereocenters. The molecule has 5 heteroatoms. The number of hydrogen-bond acceptors (Lipinski definition) is 2. The van der Waals surface area contributed by atoms with Crippen LogP contribution >= 0.6 is 0 Å². The van der Waals surface area contributed by atoms with Gasteiger partial charge in [0, 0.05) is 15.0 Å². The summed E-state index contributed by atoms with van der Waals surface area (Å²) >= 11 is 0. The molecule has 2 nitrogen and oxygen atoms in total. The molecule has 1 heterocycles. The summed E-state index contributed by atoms with van der Waals surface area (Å²) in [6.45, 7) is 16.8. The smallest absolute Gasteiger partial charge is 0.478 e. The third-order valence-corrected chi connectivity index (χ3v) is 7.63. The van der Waals surface area contributed by atoms with Gasteiger partial charge in [-0.1, -0.05) is 20.8 Å². The maximum atomic E-state index is 6.02. The molecule has 81 valence electrons. The SMILES string of the molecule is CC(C)(C)[Si](C)(C)OCCN1[CH-]C1.[B].[Li+]. The molecule has 0 aromatic rings. The van der Waals surface area contributed by atoms with Gasteiger partial charge in [0.25, 0.3) is 0 Å². The van der Waals surface area contributed by atoms with E-state index in [2.05, 4.69) is 45.3 Å². The molecular weight excluding hydrogens is 196 g/mol. The van der Waals surface area contributed by atoms with E-state index in [1.54, 1.807) is 0 Å². The molecular formula is C10H22BLiNOSi. The Bertz CT molecular complexity index is 181. The number of hydrogen-bond donors (Lipinski definition) is 0. The van der Waals surface area contributed by atoms with Crippen LogP contribution in [0.25, 0.3) is 0 Å². The third-order valence-electron chi connectivity index (χ3n) is 3.09. The summed E-state index contributed by atoms with van der Waals surface area (Å²) < 4.78 is 6.02. The summed E-state index contributed by atoms with van der Waals surface area (Å²) in [5.74, 6) is 0. The minimum atomic E-state index is -1.48. The van der Waals surface area contributed by atoms with Crippen LogP contribution in [-0.4, -0.2) is 41.3 Å². The standard InChI is InChI=1S/C10H22NOSi.B.Li/c1-10(2,3)13(4,5)12-9-8-11-6-7-11;;/h6H,7-9H2,1-5H3;;/q-1;;+1. The summed E-state index contributed by atoms with van der Waals surface area (Å²) in [4.78, 5) is 2.28. The van der Waals surface area contributed by atoms with Crippen molar-refractivity contribution in [1.82, 2.24) is 4.90 Å². The first kappa shape index (κ1) is 18.2. The fourth-order valence-electron chi connectivity index (χ4n) is 0.875. The number of nitrogens with zero attached hydrogens (tertiary/aromatic N) is 1. The van der Waals surface area contributed by atoms with E-state index in [1.165, 1.54) is 0 Å². The Morgan fingerprint density at radius 2 is 1.80 bits per heavy atom. The Hall–Kier alpha value is 0.799. The van der Waals surface area contributed by atoms with E-state index >= 15 is 0 Å². The Labute approximate surface area is 110 Å². The van der Waals surface area contributed by atoms with Gasteiger partial charge in [-0.2, -0.15) is 0 Å². The van der Waals surface area contributed by atoms with E-state index in [0.29, 0.717) is 5.04 Å². The van der Waals surface area contributed by atoms with Crippen LogP contribution in [-0.2, 0) is 4.43 Å². The summed E-state index contributed by atoms with van der Waals surface area (Å²) in [6, 6.07) is 0. The molecule has 0 aliphatic carbocycles. The van der Waals surface area contributed by atoms with Gasteiger partial charge in [-0.15, -0.1) is 6.54 Å². The Morgan fingerprint density at radius 3 is 2.13 bits per heavy atom. The predicted octanol–water partition coefficient (Wildman–Crippen LogP) is -0.891. The second-order valence-corrected chi connectivity index (χ2v) is 10.1. The van der Waals surface area contributed by atoms with Crippen LogP contribution < -0.4 is 18.9 Å². The van der Waals surface area contributed by atoms with Gasteiger partial charge >= 0.3 is 18.9 Å². The summed E-state index contributed by atoms with van der Waals surface area (Å²) in [5.41, 5.74) is 0. The molecule has 0 aromatic heterocycles. The summed E-state index contributed by atoms with van der Waals surface area (Å²) in [5, 5.41) is 0.343. The van der Waals surface area contributed by atoms with Gasteiger partial charge in [-0.3, -0.25) is 6.54 Å². The molecule has 3 radical (unpaired) electrons. The minimum absolute atomic E-state index is 0. The Kier molecular flexibility index (Phi) is 7.89. The van der Waals surface area contributed by atoms with Crippen LogP contribution in [0.3, 0.4) is 0 Å². The minimum Gasteiger partial charge on any atom is -0.478 e. The van der Waals surface area contributed by atoms with Crippen LogP contribution in [0, 0.1) is 6.54 Å². The second-order valence-electron chi connectivity index (χ2n) is 5.29. The van der Waals surface area contributed by atoms with E-state index in [0.717, 1.165) is 19.7 Å². The molecule has 1 rings (SSSR count). The van der Waals surface area contributed by atoms with Crippen molar-refractivity contribution in [2.24, 2.45) is 0 Å². The van der Waals surface area contributed by atoms with E-state index < -0.39 is 8.32 Å². The first-order chi connectivity index (χ1) is 5.83. The zero-order chi connectivity index (χ0) is 10.1. The molecule has 1 fully saturated rings. The summed E-state index contributed by atoms with van der Waals surface area (Å²) in [6.07, 6.45) is 0. The van der Waals surface area contributed by atoms with E-state index in [1.807, 2.05) is 0 Å². The first-order valence-electron chi connectivity index (χ1n) is 5.04. The molecule has 0 bridgehead atoms. The van der Waals surface area contributed by atoms with Crippen LogP contribution in [0.5, 0.6) is 0 Å². The van der Waals surface area contributed by atoms with Crippen molar-refractivity contribution in [3.63, 3.8) is 0 Å². The van der Waals surface area contributed by atoms with Crippen molar-refractivity contribution < 1.29 is 23.3 Å². The van der Waals surface area contributed by atoms with Crippen LogP contribution in [0.4, 0.5) is 0 Å². The van der Waals surface area contributed by atoms with Gasteiger partial charge in [0.15, 0.2) is 8.32 Å². The Balaban J connectivity index is 0. The molecule has 0 saturated carbocycles. The van der Waals surface area contributed by atoms with Crippen LogP contribution in [0.1, 0.15) is 20.8 Å². The fraction of sp³-hybridized carbons (Fsp3) is 0.900. The van der Waals surface area contributed by atoms with E-state index in [4.69, 9.17) is 4.43 Å². The van der Waals surface area contributed by atoms with Crippen molar-refractivity contribution >= 4 is 16.7 Å². The third kappa shape index (κ3) is 6.18. The van der Waals surface area contributed by atoms with Gasteiger partial charge in [0.1, 0.15) is 0 Å². The average molecular weight is 218 g/mol. The molecule has 1 saturated heterocycles. The van der Waals surface area contributed by atoms with Gasteiger partial charge in [-0.25, -0.2) is 0 Å². The van der Waals surface area contributed by atoms with Gasteiger partial charge < -0.3 is 9.33 Å². The van der Waals surface area contributed by atoms with Crippen molar-refractivity contribution in [3.05, 3.63) is 6.54 Å². The predicted molar refractivity (Wildman–Crippen MR) is 64.8 cm³/mol. The molecule has 15 heavy (non-hydrogen) atoms. The zero-order valence-corrected chi connectivity index (χ0v) is 12.1. The topological polar surface area (TPSA) is 12.2 Å². The van der Waals surface area contributed by atoms with Crippen molar-refractivity contribution in [2.75, 3.05) is 19.7 Å². The molecule has 0 spiro atoms. The molecule has 0 N–H and O–H groups in total. The molecule has 1 unspecified atom stereocenters. The summed E-state index contributed by atoms with van der Waals surface area (Å²) in [7, 11) is -1.48. The van der Waals surface area contributed by atoms with Crippen molar-refractivity contribution in [2.45, 2.75) is 38.9 Å². The molecule has 1 aliphatic rings. The molecule has 0 amide bonds. The molecule has 0 aromatic carbocycles. The van der Waals surface area contributed by atoms with Gasteiger partial charge in [-0.05, 0) is 24.7 Å². The largest absolute Gasteiger partial charge is 1.00 e. The average Bonchev–Trinajstić information content (AvgIpc) is 2.68. The maximum Gasteiger partial charge on any atom is 1.00 e. The normalized spacial score (nSPS) is 20.2. The van der Waals surface area contributed by atoms with Crippen molar-refractivity contribution in [3.8, 4) is 0 Å². The second kappa shape index (κ2) is 6.51. The molecule has 1 aliphatic heterocycles. The first-order valence-corrected chi connectivity index (χ1v) is 7.95. The van der Waals surface area contributed by atoms with Crippen molar-refractivity contribution in [1.29, 1.82) is 0 Å². The van der Waals surface area contributed by atoms with Crippen LogP contribution in [0.15, 0.2) is 0 Å². The number of rotatable bonds is 4. The van der Waals surface area contributed by atoms with Gasteiger partial charge in [0.2, 0.25) is 0 Å². The fourth-order valence-corrected chi connectivity index (χ4v) is 1.91. The monoisotopic (exact) mass is 218 g/mol. The zero-order valence-electron chi connectivity index (χ0n) is 11.1. The quantitative estimate of drug-likeness (QED) is 0.345. The van der Waals surface area contributed by atoms with Crippen LogP contribution in [0.2, 0.25) is 18.1 Å². The van der Waals surface area contributed by atoms with E-state index in [-0.39, 0.29) is 27.3 Å². The maximum absolute atomic E-state index is 6.02. The van der Waals surface area contributed by atoms with Gasteiger partial charge in [0.05, 0.1) is 0 Å². The van der Waals surface area contributed by atoms with E-state index in [9.17, 15) is 0 Å².